The number of aliphatic hydroxyl groups excluding tert-OH is 1. The average Bonchev–Trinajstić information content (AvgIpc) is 3.70. The molecule has 226 valence electrons. The van der Waals surface area contributed by atoms with E-state index in [4.69, 9.17) is 9.72 Å². The summed E-state index contributed by atoms with van der Waals surface area (Å²) in [5.74, 6) is -2.16. The molecule has 0 saturated carbocycles. The van der Waals surface area contributed by atoms with Crippen LogP contribution in [0.15, 0.2) is 49.1 Å². The number of amides is 1. The second-order valence-electron chi connectivity index (χ2n) is 11.2. The van der Waals surface area contributed by atoms with E-state index in [0.29, 0.717) is 35.0 Å². The van der Waals surface area contributed by atoms with Gasteiger partial charge >= 0.3 is 0 Å². The number of nitrogens with zero attached hydrogens (tertiary/aromatic N) is 7. The van der Waals surface area contributed by atoms with Gasteiger partial charge in [0.15, 0.2) is 23.1 Å². The first kappa shape index (κ1) is 30.4. The fraction of sp³-hybridized carbons (Fsp3) is 0.321. The predicted molar refractivity (Wildman–Crippen MR) is 163 cm³/mol. The standard InChI is InChI=1S/C28H32F2N8O3SSi/c1-18-13-37-23(19-11-32-36(14-19)15-24(40)34-22-7-5-6-21(29)26(22)30)12-31-27(37)28(33-18)38(17-41-8-9-43(2,3)4)25-10-20(16-39)35-42-25/h5-7,10-14,39H,8-9,15-17H2,1-4H3,(H,34,40). The largest absolute Gasteiger partial charge is 0.390 e. The van der Waals surface area contributed by atoms with Gasteiger partial charge in [0.05, 0.1) is 41.8 Å². The third-order valence-corrected chi connectivity index (χ3v) is 9.06. The van der Waals surface area contributed by atoms with E-state index >= 15 is 0 Å². The van der Waals surface area contributed by atoms with Crippen molar-refractivity contribution in [3.8, 4) is 11.3 Å². The van der Waals surface area contributed by atoms with E-state index in [2.05, 4.69) is 39.4 Å². The van der Waals surface area contributed by atoms with Gasteiger partial charge in [0.2, 0.25) is 5.91 Å². The number of carbonyl (C=O) groups excluding carboxylic acids is 1. The topological polar surface area (TPSA) is 123 Å². The Morgan fingerprint density at radius 2 is 2.02 bits per heavy atom. The molecule has 4 aromatic heterocycles. The van der Waals surface area contributed by atoms with E-state index in [9.17, 15) is 18.7 Å². The van der Waals surface area contributed by atoms with Crippen molar-refractivity contribution in [3.63, 3.8) is 0 Å². The van der Waals surface area contributed by atoms with Crippen LogP contribution in [0.25, 0.3) is 16.9 Å². The van der Waals surface area contributed by atoms with E-state index in [-0.39, 0.29) is 25.6 Å². The van der Waals surface area contributed by atoms with Crippen LogP contribution in [0.5, 0.6) is 0 Å². The van der Waals surface area contributed by atoms with Crippen molar-refractivity contribution in [2.75, 3.05) is 23.6 Å². The van der Waals surface area contributed by atoms with Crippen molar-refractivity contribution in [2.24, 2.45) is 0 Å². The van der Waals surface area contributed by atoms with Crippen LogP contribution in [0, 0.1) is 18.6 Å². The fourth-order valence-electron chi connectivity index (χ4n) is 4.27. The first-order valence-corrected chi connectivity index (χ1v) is 18.0. The number of halogens is 2. The number of benzene rings is 1. The number of aromatic nitrogens is 6. The van der Waals surface area contributed by atoms with Crippen LogP contribution in [-0.4, -0.2) is 60.9 Å². The maximum Gasteiger partial charge on any atom is 0.246 e. The van der Waals surface area contributed by atoms with Gasteiger partial charge in [-0.2, -0.15) is 9.47 Å². The molecule has 5 rings (SSSR count). The molecule has 0 atom stereocenters. The molecule has 0 aliphatic rings. The molecule has 0 radical (unpaired) electrons. The maximum atomic E-state index is 14.0. The molecule has 0 aliphatic heterocycles. The Hall–Kier alpha value is -4.05. The average molecular weight is 627 g/mol. The monoisotopic (exact) mass is 626 g/mol. The van der Waals surface area contributed by atoms with Crippen molar-refractivity contribution >= 4 is 47.7 Å². The predicted octanol–water partition coefficient (Wildman–Crippen LogP) is 5.22. The molecular formula is C28H32F2N8O3SSi. The molecule has 4 heterocycles. The van der Waals surface area contributed by atoms with Crippen LogP contribution in [0.2, 0.25) is 25.7 Å². The molecule has 2 N–H and O–H groups in total. The number of hydrogen-bond donors (Lipinski definition) is 2. The number of ether oxygens (including phenoxy) is 1. The zero-order valence-corrected chi connectivity index (χ0v) is 26.0. The first-order valence-electron chi connectivity index (χ1n) is 13.6. The molecule has 0 spiro atoms. The number of carbonyl (C=O) groups is 1. The van der Waals surface area contributed by atoms with Crippen LogP contribution in [-0.2, 0) is 22.7 Å². The van der Waals surface area contributed by atoms with E-state index in [1.807, 2.05) is 28.5 Å². The van der Waals surface area contributed by atoms with E-state index in [1.165, 1.54) is 28.3 Å². The molecule has 43 heavy (non-hydrogen) atoms. The second-order valence-corrected chi connectivity index (χ2v) is 17.6. The van der Waals surface area contributed by atoms with Gasteiger partial charge in [-0.05, 0) is 42.7 Å². The van der Waals surface area contributed by atoms with E-state index < -0.39 is 25.6 Å². The number of hydrogen-bond acceptors (Lipinski definition) is 9. The van der Waals surface area contributed by atoms with Crippen LogP contribution in [0.1, 0.15) is 11.4 Å². The summed E-state index contributed by atoms with van der Waals surface area (Å²) in [7, 11) is -1.29. The van der Waals surface area contributed by atoms with Gasteiger partial charge in [-0.15, -0.1) is 0 Å². The third-order valence-electron chi connectivity index (χ3n) is 6.50. The normalized spacial score (nSPS) is 11.8. The van der Waals surface area contributed by atoms with Gasteiger partial charge in [-0.3, -0.25) is 18.8 Å². The van der Waals surface area contributed by atoms with E-state index in [0.717, 1.165) is 22.8 Å². The summed E-state index contributed by atoms with van der Waals surface area (Å²) in [6, 6.07) is 6.40. The molecule has 0 saturated heterocycles. The summed E-state index contributed by atoms with van der Waals surface area (Å²) in [6.45, 7) is 9.21. The summed E-state index contributed by atoms with van der Waals surface area (Å²) >= 11 is 1.24. The molecule has 1 aromatic carbocycles. The van der Waals surface area contributed by atoms with Gasteiger partial charge in [-0.25, -0.2) is 18.7 Å². The van der Waals surface area contributed by atoms with Crippen molar-refractivity contribution in [1.29, 1.82) is 0 Å². The molecular weight excluding hydrogens is 595 g/mol. The molecule has 1 amide bonds. The Kier molecular flexibility index (Phi) is 8.96. The highest BCUT2D eigenvalue weighted by molar-refractivity contribution is 7.10. The minimum absolute atomic E-state index is 0.176. The number of aliphatic hydroxyl groups is 1. The Morgan fingerprint density at radius 1 is 1.21 bits per heavy atom. The van der Waals surface area contributed by atoms with Crippen LogP contribution in [0.3, 0.4) is 0 Å². The lowest BCUT2D eigenvalue weighted by Crippen LogP contribution is -2.26. The van der Waals surface area contributed by atoms with Gasteiger partial charge in [-0.1, -0.05) is 25.7 Å². The number of rotatable bonds is 12. The van der Waals surface area contributed by atoms with Crippen molar-refractivity contribution in [1.82, 2.24) is 28.5 Å². The van der Waals surface area contributed by atoms with Crippen molar-refractivity contribution in [2.45, 2.75) is 45.8 Å². The van der Waals surface area contributed by atoms with Gasteiger partial charge < -0.3 is 15.2 Å². The number of imidazole rings is 1. The van der Waals surface area contributed by atoms with Crippen molar-refractivity contribution < 1.29 is 23.4 Å². The Labute approximate surface area is 252 Å². The zero-order valence-electron chi connectivity index (χ0n) is 24.2. The second kappa shape index (κ2) is 12.7. The summed E-state index contributed by atoms with van der Waals surface area (Å²) in [4.78, 5) is 23.9. The summed E-state index contributed by atoms with van der Waals surface area (Å²) < 4.78 is 41.2. The van der Waals surface area contributed by atoms with Gasteiger partial charge in [0.1, 0.15) is 18.3 Å². The summed E-state index contributed by atoms with van der Waals surface area (Å²) in [5, 5.41) is 17.0. The minimum atomic E-state index is -1.29. The Bertz CT molecular complexity index is 1750. The number of fused-ring (bicyclic) bond motifs is 1. The van der Waals surface area contributed by atoms with Crippen molar-refractivity contribution in [3.05, 3.63) is 72.1 Å². The maximum absolute atomic E-state index is 14.0. The first-order chi connectivity index (χ1) is 20.5. The highest BCUT2D eigenvalue weighted by Gasteiger charge is 2.22. The van der Waals surface area contributed by atoms with Gasteiger partial charge in [0.25, 0.3) is 0 Å². The number of nitrogens with one attached hydrogen (secondary N) is 1. The minimum Gasteiger partial charge on any atom is -0.390 e. The third kappa shape index (κ3) is 7.13. The highest BCUT2D eigenvalue weighted by atomic mass is 32.1. The molecule has 0 aliphatic carbocycles. The smallest absolute Gasteiger partial charge is 0.246 e. The van der Waals surface area contributed by atoms with Crippen LogP contribution in [0.4, 0.5) is 25.3 Å². The molecule has 0 fully saturated rings. The lowest BCUT2D eigenvalue weighted by molar-refractivity contribution is -0.116. The number of aryl methyl sites for hydroxylation is 1. The summed E-state index contributed by atoms with van der Waals surface area (Å²) in [5.41, 5.74) is 3.01. The molecule has 15 heteroatoms. The molecule has 0 unspecified atom stereocenters. The highest BCUT2D eigenvalue weighted by Crippen LogP contribution is 2.33. The van der Waals surface area contributed by atoms with Crippen LogP contribution >= 0.6 is 11.5 Å². The lowest BCUT2D eigenvalue weighted by Gasteiger charge is -2.23. The number of anilines is 3. The lowest BCUT2D eigenvalue weighted by atomic mass is 10.3. The summed E-state index contributed by atoms with van der Waals surface area (Å²) in [6.07, 6.45) is 6.82. The quantitative estimate of drug-likeness (QED) is 0.110. The fourth-order valence-corrected chi connectivity index (χ4v) is 5.77. The SMILES string of the molecule is Cc1cn2c(-c3cnn(CC(=O)Nc4cccc(F)c4F)c3)cnc2c(N(COCC[Si](C)(C)C)c2cc(CO)ns2)n1. The van der Waals surface area contributed by atoms with Gasteiger partial charge in [0, 0.05) is 32.6 Å². The molecule has 0 bridgehead atoms. The van der Waals surface area contributed by atoms with Crippen LogP contribution < -0.4 is 10.2 Å². The van der Waals surface area contributed by atoms with E-state index in [1.54, 1.807) is 18.6 Å². The Balaban J connectivity index is 1.41. The molecule has 5 aromatic rings. The molecule has 11 nitrogen and oxygen atoms in total. The Morgan fingerprint density at radius 3 is 2.77 bits per heavy atom. The zero-order chi connectivity index (χ0) is 30.7.